The Labute approximate surface area is 82.6 Å². The summed E-state index contributed by atoms with van der Waals surface area (Å²) >= 11 is 0. The molecule has 4 heteroatoms. The average molecular weight is 207 g/mol. The highest BCUT2D eigenvalue weighted by molar-refractivity contribution is 7.72. The van der Waals surface area contributed by atoms with Crippen LogP contribution in [-0.4, -0.2) is 13.5 Å². The Hall–Kier alpha value is -1.68. The predicted molar refractivity (Wildman–Crippen MR) is 52.8 cm³/mol. The van der Waals surface area contributed by atoms with Gasteiger partial charge < -0.3 is 5.11 Å². The first-order chi connectivity index (χ1) is 6.68. The van der Waals surface area contributed by atoms with Crippen molar-refractivity contribution >= 4 is 21.5 Å². The maximum absolute atomic E-state index is 10.8. The molecule has 0 fully saturated rings. The Morgan fingerprint density at radius 2 is 1.86 bits per heavy atom. The molecule has 0 aromatic heterocycles. The molecular weight excluding hydrogens is 200 g/mol. The maximum Gasteiger partial charge on any atom is 0.222 e. The molecule has 71 valence electrons. The zero-order valence-corrected chi connectivity index (χ0v) is 7.95. The summed E-state index contributed by atoms with van der Waals surface area (Å²) in [5, 5.41) is 10.6. The third kappa shape index (κ3) is 1.40. The zero-order chi connectivity index (χ0) is 10.1. The summed E-state index contributed by atoms with van der Waals surface area (Å²) in [6, 6.07) is 9.63. The number of phenols is 1. The minimum absolute atomic E-state index is 0.0652. The zero-order valence-electron chi connectivity index (χ0n) is 7.14. The normalized spacial score (nSPS) is 10.3. The second-order valence-electron chi connectivity index (χ2n) is 2.90. The van der Waals surface area contributed by atoms with Crippen LogP contribution >= 0.6 is 0 Å². The maximum atomic E-state index is 10.8. The number of hydrogen-bond acceptors (Lipinski definition) is 3. The minimum atomic E-state index is -2.27. The van der Waals surface area contributed by atoms with Crippen molar-refractivity contribution in [2.45, 2.75) is 4.90 Å². The quantitative estimate of drug-likeness (QED) is 0.775. The number of benzene rings is 2. The van der Waals surface area contributed by atoms with Crippen molar-refractivity contribution < 1.29 is 13.5 Å². The molecule has 1 N–H and O–H groups in total. The summed E-state index contributed by atoms with van der Waals surface area (Å²) in [5.74, 6) is 0.0652. The van der Waals surface area contributed by atoms with E-state index in [1.54, 1.807) is 18.2 Å². The van der Waals surface area contributed by atoms with Crippen LogP contribution in [0.4, 0.5) is 0 Å². The van der Waals surface area contributed by atoms with Gasteiger partial charge in [0.25, 0.3) is 0 Å². The van der Waals surface area contributed by atoms with Crippen LogP contribution in [0.25, 0.3) is 10.8 Å². The molecule has 0 atom stereocenters. The highest BCUT2D eigenvalue weighted by Crippen LogP contribution is 2.23. The summed E-state index contributed by atoms with van der Waals surface area (Å²) < 4.78 is 21.7. The van der Waals surface area contributed by atoms with Gasteiger partial charge in [0.1, 0.15) is 10.6 Å². The molecule has 0 saturated carbocycles. The molecule has 0 unspecified atom stereocenters. The van der Waals surface area contributed by atoms with Gasteiger partial charge >= 0.3 is 0 Å². The van der Waals surface area contributed by atoms with E-state index in [2.05, 4.69) is 0 Å². The molecule has 2 aromatic rings. The number of fused-ring (bicyclic) bond motifs is 1. The van der Waals surface area contributed by atoms with Gasteiger partial charge in [-0.25, -0.2) is 0 Å². The van der Waals surface area contributed by atoms with E-state index in [-0.39, 0.29) is 10.6 Å². The van der Waals surface area contributed by atoms with Crippen LogP contribution in [-0.2, 0) is 10.7 Å². The van der Waals surface area contributed by atoms with Crippen molar-refractivity contribution in [2.24, 2.45) is 0 Å². The Bertz CT molecular complexity index is 550. The molecule has 2 aromatic carbocycles. The van der Waals surface area contributed by atoms with E-state index >= 15 is 0 Å². The molecular formula is C10H7O3S. The van der Waals surface area contributed by atoms with E-state index < -0.39 is 10.7 Å². The first-order valence-electron chi connectivity index (χ1n) is 3.99. The number of rotatable bonds is 1. The Morgan fingerprint density at radius 1 is 1.07 bits per heavy atom. The van der Waals surface area contributed by atoms with Gasteiger partial charge in [-0.05, 0) is 23.6 Å². The van der Waals surface area contributed by atoms with Crippen LogP contribution in [0.15, 0.2) is 41.3 Å². The third-order valence-electron chi connectivity index (χ3n) is 2.01. The van der Waals surface area contributed by atoms with Crippen molar-refractivity contribution in [1.29, 1.82) is 0 Å². The van der Waals surface area contributed by atoms with Crippen LogP contribution < -0.4 is 0 Å². The van der Waals surface area contributed by atoms with E-state index in [1.807, 2.05) is 0 Å². The van der Waals surface area contributed by atoms with Crippen LogP contribution in [0.3, 0.4) is 0 Å². The van der Waals surface area contributed by atoms with Crippen molar-refractivity contribution in [3.05, 3.63) is 36.4 Å². The van der Waals surface area contributed by atoms with Gasteiger partial charge in [-0.15, -0.1) is 0 Å². The largest absolute Gasteiger partial charge is 0.508 e. The van der Waals surface area contributed by atoms with Crippen molar-refractivity contribution in [3.8, 4) is 5.75 Å². The van der Waals surface area contributed by atoms with Crippen LogP contribution in [0, 0.1) is 0 Å². The highest BCUT2D eigenvalue weighted by Gasteiger charge is 2.04. The van der Waals surface area contributed by atoms with E-state index in [0.717, 1.165) is 5.39 Å². The summed E-state index contributed by atoms with van der Waals surface area (Å²) in [4.78, 5) is 0.207. The van der Waals surface area contributed by atoms with Gasteiger partial charge in [-0.2, -0.15) is 8.42 Å². The summed E-state index contributed by atoms with van der Waals surface area (Å²) in [6.07, 6.45) is 0. The fourth-order valence-corrected chi connectivity index (χ4v) is 1.92. The monoisotopic (exact) mass is 207 g/mol. The topological polar surface area (TPSA) is 54.4 Å². The van der Waals surface area contributed by atoms with Crippen molar-refractivity contribution in [2.75, 3.05) is 0 Å². The Morgan fingerprint density at radius 3 is 2.57 bits per heavy atom. The lowest BCUT2D eigenvalue weighted by Gasteiger charge is -1.99. The number of hydrogen-bond donors (Lipinski definition) is 1. The second-order valence-corrected chi connectivity index (χ2v) is 3.81. The molecule has 0 saturated heterocycles. The number of phenolic OH excluding ortho intramolecular Hbond substituents is 1. The molecule has 0 aliphatic heterocycles. The van der Waals surface area contributed by atoms with Gasteiger partial charge in [0.15, 0.2) is 0 Å². The molecule has 3 nitrogen and oxygen atoms in total. The summed E-state index contributed by atoms with van der Waals surface area (Å²) in [7, 11) is -2.27. The minimum Gasteiger partial charge on any atom is -0.508 e. The van der Waals surface area contributed by atoms with Crippen LogP contribution in [0.1, 0.15) is 0 Å². The van der Waals surface area contributed by atoms with E-state index in [0.29, 0.717) is 5.39 Å². The van der Waals surface area contributed by atoms with Gasteiger partial charge in [-0.3, -0.25) is 0 Å². The Balaban J connectivity index is 2.91. The molecule has 0 aliphatic carbocycles. The molecule has 0 amide bonds. The molecule has 0 spiro atoms. The average Bonchev–Trinajstić information content (AvgIpc) is 2.16. The molecule has 0 aliphatic rings. The fourth-order valence-electron chi connectivity index (χ4n) is 1.38. The van der Waals surface area contributed by atoms with Crippen LogP contribution in [0.5, 0.6) is 5.75 Å². The lowest BCUT2D eigenvalue weighted by atomic mass is 10.1. The molecule has 14 heavy (non-hydrogen) atoms. The summed E-state index contributed by atoms with van der Waals surface area (Å²) in [6.45, 7) is 0. The smallest absolute Gasteiger partial charge is 0.222 e. The lowest BCUT2D eigenvalue weighted by molar-refractivity contribution is 0.476. The van der Waals surface area contributed by atoms with Crippen molar-refractivity contribution in [1.82, 2.24) is 0 Å². The predicted octanol–water partition coefficient (Wildman–Crippen LogP) is 1.78. The van der Waals surface area contributed by atoms with Gasteiger partial charge in [0.2, 0.25) is 10.7 Å². The Kier molecular flexibility index (Phi) is 2.05. The fraction of sp³-hybridized carbons (Fsp3) is 0. The molecule has 1 radical (unpaired) electrons. The first kappa shape index (κ1) is 8.90. The number of aromatic hydroxyl groups is 1. The standard InChI is InChI=1S/C10H7O3S/c11-8-5-4-7-2-1-3-10(14(12)13)9(7)6-8/h1-6,11H. The summed E-state index contributed by atoms with van der Waals surface area (Å²) in [5.41, 5.74) is 0. The van der Waals surface area contributed by atoms with Crippen LogP contribution in [0.2, 0.25) is 0 Å². The van der Waals surface area contributed by atoms with Gasteiger partial charge in [0.05, 0.1) is 0 Å². The second kappa shape index (κ2) is 3.23. The van der Waals surface area contributed by atoms with E-state index in [9.17, 15) is 13.5 Å². The van der Waals surface area contributed by atoms with Crippen molar-refractivity contribution in [3.63, 3.8) is 0 Å². The van der Waals surface area contributed by atoms with E-state index in [1.165, 1.54) is 18.2 Å². The molecule has 0 bridgehead atoms. The van der Waals surface area contributed by atoms with Gasteiger partial charge in [0, 0.05) is 5.39 Å². The first-order valence-corrected chi connectivity index (χ1v) is 5.07. The van der Waals surface area contributed by atoms with E-state index in [4.69, 9.17) is 0 Å². The molecule has 0 heterocycles. The highest BCUT2D eigenvalue weighted by atomic mass is 32.2. The van der Waals surface area contributed by atoms with Gasteiger partial charge in [-0.1, -0.05) is 18.2 Å². The molecule has 2 rings (SSSR count). The third-order valence-corrected chi connectivity index (χ3v) is 2.72. The lowest BCUT2D eigenvalue weighted by Crippen LogP contribution is -1.82. The SMILES string of the molecule is O=[S](=O)c1cccc2ccc(O)cc12.